The number of halogens is 2. The number of carbonyl (C=O) groups is 1. The van der Waals surface area contributed by atoms with E-state index >= 15 is 0 Å². The molecule has 32 heavy (non-hydrogen) atoms. The number of nitrogens with one attached hydrogen (secondary N) is 2. The van der Waals surface area contributed by atoms with Gasteiger partial charge in [-0.25, -0.2) is 4.98 Å². The largest absolute Gasteiger partial charge is 0.457 e. The number of ether oxygens (including phenoxy) is 1. The van der Waals surface area contributed by atoms with Crippen molar-refractivity contribution in [1.29, 1.82) is 0 Å². The summed E-state index contributed by atoms with van der Waals surface area (Å²) < 4.78 is 5.81. The topological polar surface area (TPSA) is 63.2 Å². The Hall–Kier alpha value is -2.60. The number of para-hydroxylation sites is 1. The number of pyridine rings is 1. The summed E-state index contributed by atoms with van der Waals surface area (Å²) in [5, 5.41) is 6.79. The fourth-order valence-corrected chi connectivity index (χ4v) is 3.62. The Bertz CT molecular complexity index is 962. The zero-order valence-electron chi connectivity index (χ0n) is 17.8. The van der Waals surface area contributed by atoms with Gasteiger partial charge in [-0.05, 0) is 61.3 Å². The molecule has 5 nitrogen and oxygen atoms in total. The second-order valence-electron chi connectivity index (χ2n) is 7.41. The van der Waals surface area contributed by atoms with Crippen LogP contribution < -0.4 is 15.4 Å². The number of aromatic nitrogens is 1. The van der Waals surface area contributed by atoms with Gasteiger partial charge in [-0.2, -0.15) is 0 Å². The number of amides is 1. The Morgan fingerprint density at radius 3 is 2.12 bits per heavy atom. The normalized spacial score (nSPS) is 10.7. The van der Waals surface area contributed by atoms with Crippen LogP contribution in [0.4, 0.5) is 0 Å². The Morgan fingerprint density at radius 1 is 0.812 bits per heavy atom. The van der Waals surface area contributed by atoms with Gasteiger partial charge < -0.3 is 15.4 Å². The summed E-state index contributed by atoms with van der Waals surface area (Å²) in [7, 11) is 0. The smallest absolute Gasteiger partial charge is 0.251 e. The molecule has 0 radical (unpaired) electrons. The van der Waals surface area contributed by atoms with Crippen LogP contribution >= 0.6 is 23.2 Å². The highest BCUT2D eigenvalue weighted by atomic mass is 35.5. The second kappa shape index (κ2) is 13.1. The maximum absolute atomic E-state index is 12.1. The predicted octanol–water partition coefficient (Wildman–Crippen LogP) is 6.26. The van der Waals surface area contributed by atoms with Gasteiger partial charge in [0.25, 0.3) is 5.91 Å². The van der Waals surface area contributed by atoms with E-state index in [-0.39, 0.29) is 16.2 Å². The number of nitrogens with zero attached hydrogens (tertiary/aromatic N) is 1. The van der Waals surface area contributed by atoms with E-state index in [1.165, 1.54) is 17.7 Å². The molecule has 3 rings (SSSR count). The molecule has 0 aliphatic carbocycles. The van der Waals surface area contributed by atoms with Crippen LogP contribution in [0.2, 0.25) is 10.3 Å². The Morgan fingerprint density at radius 2 is 1.44 bits per heavy atom. The molecule has 3 aromatic rings. The van der Waals surface area contributed by atoms with Crippen molar-refractivity contribution in [2.24, 2.45) is 0 Å². The Labute approximate surface area is 199 Å². The van der Waals surface area contributed by atoms with Gasteiger partial charge in [0.1, 0.15) is 21.8 Å². The van der Waals surface area contributed by atoms with Crippen molar-refractivity contribution < 1.29 is 9.53 Å². The molecule has 0 saturated carbocycles. The third kappa shape index (κ3) is 8.50. The van der Waals surface area contributed by atoms with Crippen LogP contribution in [0.1, 0.15) is 41.6 Å². The molecule has 0 aliphatic rings. The molecule has 2 aromatic carbocycles. The molecule has 0 spiro atoms. The van der Waals surface area contributed by atoms with Gasteiger partial charge in [0, 0.05) is 18.7 Å². The van der Waals surface area contributed by atoms with Gasteiger partial charge in [-0.1, -0.05) is 66.4 Å². The van der Waals surface area contributed by atoms with Crippen molar-refractivity contribution in [1.82, 2.24) is 15.6 Å². The van der Waals surface area contributed by atoms with E-state index in [2.05, 4.69) is 27.8 Å². The summed E-state index contributed by atoms with van der Waals surface area (Å²) >= 11 is 11.7. The number of benzene rings is 2. The molecular weight excluding hydrogens is 445 g/mol. The third-order valence-electron chi connectivity index (χ3n) is 4.82. The van der Waals surface area contributed by atoms with Crippen molar-refractivity contribution >= 4 is 29.1 Å². The highest BCUT2D eigenvalue weighted by molar-refractivity contribution is 6.33. The van der Waals surface area contributed by atoms with Crippen LogP contribution in [-0.2, 0) is 6.54 Å². The summed E-state index contributed by atoms with van der Waals surface area (Å²) in [4.78, 5) is 15.9. The van der Waals surface area contributed by atoms with Gasteiger partial charge in [-0.15, -0.1) is 0 Å². The molecule has 0 aliphatic heterocycles. The van der Waals surface area contributed by atoms with Crippen LogP contribution in [0.25, 0.3) is 0 Å². The van der Waals surface area contributed by atoms with Gasteiger partial charge in [0.2, 0.25) is 0 Å². The molecule has 7 heteroatoms. The quantitative estimate of drug-likeness (QED) is 0.241. The van der Waals surface area contributed by atoms with Crippen LogP contribution in [0.5, 0.6) is 11.5 Å². The molecule has 2 N–H and O–H groups in total. The maximum atomic E-state index is 12.1. The molecular formula is C25H27Cl2N3O2. The van der Waals surface area contributed by atoms with E-state index in [0.29, 0.717) is 12.1 Å². The minimum absolute atomic E-state index is 0.182. The first-order valence-corrected chi connectivity index (χ1v) is 11.5. The zero-order valence-corrected chi connectivity index (χ0v) is 19.3. The minimum Gasteiger partial charge on any atom is -0.457 e. The second-order valence-corrected chi connectivity index (χ2v) is 8.18. The summed E-state index contributed by atoms with van der Waals surface area (Å²) in [5.74, 6) is 1.49. The van der Waals surface area contributed by atoms with Crippen LogP contribution in [0, 0.1) is 0 Å². The molecule has 1 amide bonds. The Balaban J connectivity index is 1.22. The number of hydrogen-bond donors (Lipinski definition) is 2. The molecule has 1 aromatic heterocycles. The van der Waals surface area contributed by atoms with E-state index in [1.807, 2.05) is 42.5 Å². The first-order valence-electron chi connectivity index (χ1n) is 10.7. The third-order valence-corrected chi connectivity index (χ3v) is 5.21. The average Bonchev–Trinajstić information content (AvgIpc) is 2.79. The summed E-state index contributed by atoms with van der Waals surface area (Å²) in [6.07, 6.45) is 4.20. The van der Waals surface area contributed by atoms with Gasteiger partial charge >= 0.3 is 0 Å². The van der Waals surface area contributed by atoms with E-state index in [1.54, 1.807) is 0 Å². The SMILES string of the molecule is O=C(NCCCCCCNCc1ccc(Oc2ccccc2)cc1)c1cc(Cl)nc(Cl)c1. The maximum Gasteiger partial charge on any atom is 0.251 e. The Kier molecular flexibility index (Phi) is 9.82. The molecule has 1 heterocycles. The first kappa shape index (κ1) is 24.1. The number of carbonyl (C=O) groups excluding carboxylic acids is 1. The van der Waals surface area contributed by atoms with E-state index in [0.717, 1.165) is 50.3 Å². The van der Waals surface area contributed by atoms with Crippen LogP contribution in [0.15, 0.2) is 66.7 Å². The number of unbranched alkanes of at least 4 members (excludes halogenated alkanes) is 3. The average molecular weight is 472 g/mol. The predicted molar refractivity (Wildman–Crippen MR) is 130 cm³/mol. The fourth-order valence-electron chi connectivity index (χ4n) is 3.16. The van der Waals surface area contributed by atoms with Crippen molar-refractivity contribution in [3.05, 3.63) is 88.2 Å². The van der Waals surface area contributed by atoms with E-state index in [4.69, 9.17) is 27.9 Å². The highest BCUT2D eigenvalue weighted by Crippen LogP contribution is 2.21. The summed E-state index contributed by atoms with van der Waals surface area (Å²) in [5.41, 5.74) is 1.66. The molecule has 0 saturated heterocycles. The molecule has 0 bridgehead atoms. The fraction of sp³-hybridized carbons (Fsp3) is 0.280. The lowest BCUT2D eigenvalue weighted by atomic mass is 10.1. The van der Waals surface area contributed by atoms with Crippen molar-refractivity contribution in [3.63, 3.8) is 0 Å². The van der Waals surface area contributed by atoms with Crippen LogP contribution in [-0.4, -0.2) is 24.0 Å². The van der Waals surface area contributed by atoms with E-state index < -0.39 is 0 Å². The van der Waals surface area contributed by atoms with Crippen molar-refractivity contribution in [3.8, 4) is 11.5 Å². The summed E-state index contributed by atoms with van der Waals surface area (Å²) in [6.45, 7) is 2.42. The van der Waals surface area contributed by atoms with Gasteiger partial charge in [0.05, 0.1) is 0 Å². The number of hydrogen-bond acceptors (Lipinski definition) is 4. The standard InChI is InChI=1S/C25H27Cl2N3O2/c26-23-16-20(17-24(27)30-23)25(31)29-15-7-2-1-6-14-28-18-19-10-12-22(13-11-19)32-21-8-4-3-5-9-21/h3-5,8-13,16-17,28H,1-2,6-7,14-15,18H2,(H,29,31). The monoisotopic (exact) mass is 471 g/mol. The zero-order chi connectivity index (χ0) is 22.6. The minimum atomic E-state index is -0.182. The summed E-state index contributed by atoms with van der Waals surface area (Å²) in [6, 6.07) is 20.9. The molecule has 0 fully saturated rings. The van der Waals surface area contributed by atoms with Gasteiger partial charge in [0.15, 0.2) is 0 Å². The van der Waals surface area contributed by atoms with Crippen molar-refractivity contribution in [2.75, 3.05) is 13.1 Å². The van der Waals surface area contributed by atoms with Crippen LogP contribution in [0.3, 0.4) is 0 Å². The van der Waals surface area contributed by atoms with E-state index in [9.17, 15) is 4.79 Å². The highest BCUT2D eigenvalue weighted by Gasteiger charge is 2.08. The molecule has 168 valence electrons. The number of rotatable bonds is 12. The lowest BCUT2D eigenvalue weighted by Gasteiger charge is -2.08. The lowest BCUT2D eigenvalue weighted by molar-refractivity contribution is 0.0953. The van der Waals surface area contributed by atoms with Crippen molar-refractivity contribution in [2.45, 2.75) is 32.2 Å². The first-order chi connectivity index (χ1) is 15.6. The molecule has 0 atom stereocenters. The van der Waals surface area contributed by atoms with Gasteiger partial charge in [-0.3, -0.25) is 4.79 Å². The lowest BCUT2D eigenvalue weighted by Crippen LogP contribution is -2.24. The molecule has 0 unspecified atom stereocenters.